The number of amides is 2. The van der Waals surface area contributed by atoms with Crippen LogP contribution in [0.3, 0.4) is 0 Å². The lowest BCUT2D eigenvalue weighted by molar-refractivity contribution is -0.118. The van der Waals surface area contributed by atoms with Crippen LogP contribution in [0.5, 0.6) is 0 Å². The zero-order chi connectivity index (χ0) is 14.3. The summed E-state index contributed by atoms with van der Waals surface area (Å²) in [6.07, 6.45) is 0. The maximum absolute atomic E-state index is 13.5. The summed E-state index contributed by atoms with van der Waals surface area (Å²) >= 11 is 1.09. The van der Waals surface area contributed by atoms with Crippen molar-refractivity contribution < 1.29 is 14.0 Å². The van der Waals surface area contributed by atoms with Crippen molar-refractivity contribution in [2.45, 2.75) is 6.54 Å². The van der Waals surface area contributed by atoms with Gasteiger partial charge in [0.25, 0.3) is 0 Å². The number of nitrogens with one attached hydrogen (secondary N) is 1. The largest absolute Gasteiger partial charge is 0.369 e. The molecule has 0 saturated heterocycles. The van der Waals surface area contributed by atoms with Gasteiger partial charge >= 0.3 is 0 Å². The molecule has 3 N–H and O–H groups in total. The van der Waals surface area contributed by atoms with Gasteiger partial charge in [0.2, 0.25) is 11.8 Å². The van der Waals surface area contributed by atoms with E-state index in [1.54, 1.807) is 0 Å². The van der Waals surface area contributed by atoms with E-state index in [0.717, 1.165) is 17.8 Å². The molecule has 0 radical (unpaired) electrons. The number of nitriles is 1. The first-order valence-electron chi connectivity index (χ1n) is 5.34. The fourth-order valence-corrected chi connectivity index (χ4v) is 1.84. The van der Waals surface area contributed by atoms with Crippen LogP contribution in [0.25, 0.3) is 0 Å². The molecule has 0 heterocycles. The van der Waals surface area contributed by atoms with Crippen molar-refractivity contribution in [3.63, 3.8) is 0 Å². The van der Waals surface area contributed by atoms with Crippen LogP contribution in [0.1, 0.15) is 11.1 Å². The second kappa shape index (κ2) is 7.38. The van der Waals surface area contributed by atoms with Gasteiger partial charge in [-0.3, -0.25) is 9.59 Å². The van der Waals surface area contributed by atoms with Gasteiger partial charge in [-0.05, 0) is 12.1 Å². The summed E-state index contributed by atoms with van der Waals surface area (Å²) in [6.45, 7) is 0.0352. The summed E-state index contributed by atoms with van der Waals surface area (Å²) in [5.74, 6) is -1.19. The van der Waals surface area contributed by atoms with Crippen LogP contribution in [-0.2, 0) is 16.1 Å². The number of halogens is 1. The van der Waals surface area contributed by atoms with E-state index in [1.807, 2.05) is 6.07 Å². The van der Waals surface area contributed by atoms with Crippen molar-refractivity contribution >= 4 is 23.6 Å². The molecule has 1 aromatic carbocycles. The van der Waals surface area contributed by atoms with Gasteiger partial charge in [0.1, 0.15) is 5.82 Å². The van der Waals surface area contributed by atoms with Crippen molar-refractivity contribution in [1.29, 1.82) is 5.26 Å². The Hall–Kier alpha value is -2.07. The molecule has 19 heavy (non-hydrogen) atoms. The van der Waals surface area contributed by atoms with Crippen molar-refractivity contribution in [3.05, 3.63) is 35.1 Å². The van der Waals surface area contributed by atoms with E-state index in [4.69, 9.17) is 11.0 Å². The topological polar surface area (TPSA) is 96.0 Å². The average Bonchev–Trinajstić information content (AvgIpc) is 2.36. The number of carbonyl (C=O) groups excluding carboxylic acids is 2. The summed E-state index contributed by atoms with van der Waals surface area (Å²) in [5.41, 5.74) is 5.45. The monoisotopic (exact) mass is 281 g/mol. The predicted molar refractivity (Wildman–Crippen MR) is 69.5 cm³/mol. The third kappa shape index (κ3) is 5.40. The summed E-state index contributed by atoms with van der Waals surface area (Å²) in [6, 6.07) is 5.87. The highest BCUT2D eigenvalue weighted by Crippen LogP contribution is 2.09. The quantitative estimate of drug-likeness (QED) is 0.795. The molecule has 0 bridgehead atoms. The van der Waals surface area contributed by atoms with Gasteiger partial charge in [0.05, 0.1) is 23.1 Å². The molecular formula is C12H12FN3O2S. The Balaban J connectivity index is 2.42. The van der Waals surface area contributed by atoms with Gasteiger partial charge in [-0.15, -0.1) is 11.8 Å². The second-order valence-electron chi connectivity index (χ2n) is 3.65. The first-order valence-corrected chi connectivity index (χ1v) is 6.49. The number of nitrogens with zero attached hydrogens (tertiary/aromatic N) is 1. The molecule has 1 aromatic rings. The number of carbonyl (C=O) groups is 2. The lowest BCUT2D eigenvalue weighted by Crippen LogP contribution is -2.26. The minimum Gasteiger partial charge on any atom is -0.369 e. The molecule has 7 heteroatoms. The molecule has 5 nitrogen and oxygen atoms in total. The third-order valence-corrected chi connectivity index (χ3v) is 3.09. The van der Waals surface area contributed by atoms with Crippen molar-refractivity contribution in [2.24, 2.45) is 5.73 Å². The average molecular weight is 281 g/mol. The molecule has 0 unspecified atom stereocenters. The summed E-state index contributed by atoms with van der Waals surface area (Å²) in [5, 5.41) is 11.1. The zero-order valence-electron chi connectivity index (χ0n) is 9.98. The molecule has 0 saturated carbocycles. The first-order chi connectivity index (χ1) is 9.02. The molecule has 0 aliphatic rings. The van der Waals surface area contributed by atoms with Crippen LogP contribution in [0.4, 0.5) is 4.39 Å². The summed E-state index contributed by atoms with van der Waals surface area (Å²) in [7, 11) is 0. The van der Waals surface area contributed by atoms with Gasteiger partial charge < -0.3 is 11.1 Å². The summed E-state index contributed by atoms with van der Waals surface area (Å²) < 4.78 is 13.5. The highest BCUT2D eigenvalue weighted by atomic mass is 32.2. The van der Waals surface area contributed by atoms with Crippen LogP contribution in [0, 0.1) is 17.1 Å². The highest BCUT2D eigenvalue weighted by molar-refractivity contribution is 8.00. The SMILES string of the molecule is N#Cc1ccc(CNC(=O)CSCC(N)=O)c(F)c1. The molecule has 2 amide bonds. The normalized spacial score (nSPS) is 9.68. The predicted octanol–water partition coefficient (Wildman–Crippen LogP) is 0.532. The van der Waals surface area contributed by atoms with Gasteiger partial charge in [-0.25, -0.2) is 4.39 Å². The maximum atomic E-state index is 13.5. The number of rotatable bonds is 6. The van der Waals surface area contributed by atoms with E-state index in [2.05, 4.69) is 5.32 Å². The Labute approximate surface area is 114 Å². The lowest BCUT2D eigenvalue weighted by atomic mass is 10.1. The van der Waals surface area contributed by atoms with Crippen LogP contribution in [0.2, 0.25) is 0 Å². The van der Waals surface area contributed by atoms with E-state index in [-0.39, 0.29) is 29.5 Å². The molecular weight excluding hydrogens is 269 g/mol. The van der Waals surface area contributed by atoms with E-state index in [9.17, 15) is 14.0 Å². The van der Waals surface area contributed by atoms with Gasteiger partial charge in [-0.1, -0.05) is 6.07 Å². The smallest absolute Gasteiger partial charge is 0.230 e. The number of primary amides is 1. The molecule has 0 aliphatic heterocycles. The van der Waals surface area contributed by atoms with Crippen molar-refractivity contribution in [3.8, 4) is 6.07 Å². The Morgan fingerprint density at radius 1 is 1.42 bits per heavy atom. The van der Waals surface area contributed by atoms with E-state index < -0.39 is 11.7 Å². The van der Waals surface area contributed by atoms with Gasteiger partial charge in [0.15, 0.2) is 0 Å². The zero-order valence-corrected chi connectivity index (χ0v) is 10.8. The number of hydrogen-bond donors (Lipinski definition) is 2. The van der Waals surface area contributed by atoms with E-state index in [1.165, 1.54) is 12.1 Å². The fourth-order valence-electron chi connectivity index (χ4n) is 1.25. The van der Waals surface area contributed by atoms with Gasteiger partial charge in [-0.2, -0.15) is 5.26 Å². The minimum absolute atomic E-state index is 0.0352. The van der Waals surface area contributed by atoms with E-state index in [0.29, 0.717) is 5.56 Å². The highest BCUT2D eigenvalue weighted by Gasteiger charge is 2.07. The molecule has 0 aliphatic carbocycles. The third-order valence-electron chi connectivity index (χ3n) is 2.14. The molecule has 0 atom stereocenters. The molecule has 100 valence electrons. The minimum atomic E-state index is -0.538. The molecule has 0 aromatic heterocycles. The Bertz CT molecular complexity index is 528. The fraction of sp³-hybridized carbons (Fsp3) is 0.250. The second-order valence-corrected chi connectivity index (χ2v) is 4.64. The van der Waals surface area contributed by atoms with E-state index >= 15 is 0 Å². The van der Waals surface area contributed by atoms with Crippen molar-refractivity contribution in [2.75, 3.05) is 11.5 Å². The van der Waals surface area contributed by atoms with Crippen LogP contribution >= 0.6 is 11.8 Å². The first kappa shape index (κ1) is 15.0. The Kier molecular flexibility index (Phi) is 5.82. The van der Waals surface area contributed by atoms with Crippen LogP contribution in [0.15, 0.2) is 18.2 Å². The standard InChI is InChI=1S/C12H12FN3O2S/c13-10-3-8(4-14)1-2-9(10)5-16-12(18)7-19-6-11(15)17/h1-3H,5-7H2,(H2,15,17)(H,16,18). The molecule has 0 fully saturated rings. The summed E-state index contributed by atoms with van der Waals surface area (Å²) in [4.78, 5) is 21.8. The molecule has 1 rings (SSSR count). The van der Waals surface area contributed by atoms with Crippen LogP contribution in [-0.4, -0.2) is 23.3 Å². The number of nitrogens with two attached hydrogens (primary N) is 1. The van der Waals surface area contributed by atoms with Crippen LogP contribution < -0.4 is 11.1 Å². The number of hydrogen-bond acceptors (Lipinski definition) is 4. The Morgan fingerprint density at radius 2 is 2.16 bits per heavy atom. The number of thioether (sulfide) groups is 1. The van der Waals surface area contributed by atoms with Crippen molar-refractivity contribution in [1.82, 2.24) is 5.32 Å². The number of benzene rings is 1. The molecule has 0 spiro atoms. The Morgan fingerprint density at radius 3 is 2.74 bits per heavy atom. The van der Waals surface area contributed by atoms with Gasteiger partial charge in [0, 0.05) is 12.1 Å². The maximum Gasteiger partial charge on any atom is 0.230 e. The lowest BCUT2D eigenvalue weighted by Gasteiger charge is -2.06.